The zero-order valence-corrected chi connectivity index (χ0v) is 12.7. The molecular formula is C12H20N4O3S. The van der Waals surface area contributed by atoms with Crippen molar-refractivity contribution >= 4 is 23.8 Å². The van der Waals surface area contributed by atoms with Crippen LogP contribution in [0.2, 0.25) is 0 Å². The molecule has 0 radical (unpaired) electrons. The van der Waals surface area contributed by atoms with Crippen LogP contribution in [0.4, 0.5) is 4.79 Å². The first-order chi connectivity index (χ1) is 9.45. The second-order valence-electron chi connectivity index (χ2n) is 4.43. The Kier molecular flexibility index (Phi) is 6.37. The minimum absolute atomic E-state index is 0.324. The first kappa shape index (κ1) is 16.4. The quantitative estimate of drug-likeness (QED) is 0.776. The molecule has 0 saturated heterocycles. The Hall–Kier alpha value is -1.70. The van der Waals surface area contributed by atoms with Gasteiger partial charge in [0.15, 0.2) is 0 Å². The van der Waals surface area contributed by atoms with Gasteiger partial charge in [0.25, 0.3) is 0 Å². The van der Waals surface area contributed by atoms with Gasteiger partial charge in [0.2, 0.25) is 0 Å². The van der Waals surface area contributed by atoms with Gasteiger partial charge in [-0.2, -0.15) is 11.8 Å². The van der Waals surface area contributed by atoms with Gasteiger partial charge in [-0.3, -0.25) is 0 Å². The molecule has 0 spiro atoms. The number of hydrogen-bond donors (Lipinski definition) is 2. The number of rotatable bonds is 7. The number of nitrogens with zero attached hydrogens (tertiary/aromatic N) is 3. The lowest BCUT2D eigenvalue weighted by molar-refractivity contribution is -0.139. The van der Waals surface area contributed by atoms with E-state index < -0.39 is 18.0 Å². The Balaban J connectivity index is 2.55. The number of hydrogen-bond acceptors (Lipinski definition) is 4. The molecule has 0 aliphatic rings. The maximum atomic E-state index is 12.0. The Morgan fingerprint density at radius 2 is 2.30 bits per heavy atom. The molecule has 0 fully saturated rings. The average molecular weight is 300 g/mol. The van der Waals surface area contributed by atoms with E-state index in [4.69, 9.17) is 5.11 Å². The van der Waals surface area contributed by atoms with Gasteiger partial charge in [-0.25, -0.2) is 14.6 Å². The summed E-state index contributed by atoms with van der Waals surface area (Å²) in [7, 11) is 3.45. The van der Waals surface area contributed by atoms with Crippen LogP contribution in [0.5, 0.6) is 0 Å². The molecule has 0 aliphatic heterocycles. The third-order valence-electron chi connectivity index (χ3n) is 2.85. The van der Waals surface area contributed by atoms with Crippen molar-refractivity contribution in [2.24, 2.45) is 7.05 Å². The molecule has 0 bridgehead atoms. The van der Waals surface area contributed by atoms with Crippen LogP contribution in [0.1, 0.15) is 12.2 Å². The summed E-state index contributed by atoms with van der Waals surface area (Å²) in [6.45, 7) is 0.324. The predicted molar refractivity (Wildman–Crippen MR) is 77.6 cm³/mol. The van der Waals surface area contributed by atoms with E-state index in [2.05, 4.69) is 10.3 Å². The molecule has 1 heterocycles. The molecule has 7 nitrogen and oxygen atoms in total. The number of imidazole rings is 1. The summed E-state index contributed by atoms with van der Waals surface area (Å²) in [5.74, 6) is 0.400. The van der Waals surface area contributed by atoms with E-state index in [9.17, 15) is 9.59 Å². The van der Waals surface area contributed by atoms with E-state index in [1.807, 2.05) is 17.9 Å². The monoisotopic (exact) mass is 300 g/mol. The summed E-state index contributed by atoms with van der Waals surface area (Å²) in [4.78, 5) is 28.6. The molecule has 1 unspecified atom stereocenters. The number of aromatic nitrogens is 2. The number of carboxylic acid groups (broad SMARTS) is 1. The van der Waals surface area contributed by atoms with Crippen LogP contribution < -0.4 is 5.32 Å². The first-order valence-electron chi connectivity index (χ1n) is 6.15. The standard InChI is InChI=1S/C12H20N4O3S/c1-15-6-5-13-10(15)8-16(2)12(19)14-9(11(17)18)4-7-20-3/h5-6,9H,4,7-8H2,1-3H3,(H,14,19)(H,17,18). The molecular weight excluding hydrogens is 280 g/mol. The smallest absolute Gasteiger partial charge is 0.326 e. The van der Waals surface area contributed by atoms with Crippen molar-refractivity contribution < 1.29 is 14.7 Å². The highest BCUT2D eigenvalue weighted by molar-refractivity contribution is 7.98. The van der Waals surface area contributed by atoms with E-state index in [0.717, 1.165) is 5.82 Å². The molecule has 8 heteroatoms. The van der Waals surface area contributed by atoms with E-state index in [-0.39, 0.29) is 0 Å². The molecule has 0 aliphatic carbocycles. The largest absolute Gasteiger partial charge is 0.480 e. The van der Waals surface area contributed by atoms with Crippen molar-refractivity contribution in [2.45, 2.75) is 19.0 Å². The molecule has 2 amide bonds. The topological polar surface area (TPSA) is 87.5 Å². The van der Waals surface area contributed by atoms with E-state index in [1.165, 1.54) is 4.90 Å². The Morgan fingerprint density at radius 1 is 1.60 bits per heavy atom. The normalized spacial score (nSPS) is 11.9. The summed E-state index contributed by atoms with van der Waals surface area (Å²) in [6, 6.07) is -1.28. The van der Waals surface area contributed by atoms with Gasteiger partial charge < -0.3 is 19.9 Å². The third-order valence-corrected chi connectivity index (χ3v) is 3.50. The fourth-order valence-electron chi connectivity index (χ4n) is 1.59. The predicted octanol–water partition coefficient (Wildman–Crippen LogP) is 0.768. The number of aryl methyl sites for hydroxylation is 1. The number of carbonyl (C=O) groups excluding carboxylic acids is 1. The van der Waals surface area contributed by atoms with Gasteiger partial charge >= 0.3 is 12.0 Å². The molecule has 112 valence electrons. The molecule has 1 atom stereocenters. The molecule has 20 heavy (non-hydrogen) atoms. The van der Waals surface area contributed by atoms with Crippen molar-refractivity contribution in [1.82, 2.24) is 19.8 Å². The van der Waals surface area contributed by atoms with Crippen LogP contribution >= 0.6 is 11.8 Å². The number of amides is 2. The van der Waals surface area contributed by atoms with Crippen molar-refractivity contribution in [3.8, 4) is 0 Å². The number of carbonyl (C=O) groups is 2. The minimum atomic E-state index is -1.02. The number of urea groups is 1. The van der Waals surface area contributed by atoms with E-state index in [1.54, 1.807) is 31.2 Å². The van der Waals surface area contributed by atoms with Gasteiger partial charge in [-0.15, -0.1) is 0 Å². The van der Waals surface area contributed by atoms with Crippen LogP contribution in [-0.4, -0.2) is 56.7 Å². The maximum Gasteiger partial charge on any atom is 0.326 e. The highest BCUT2D eigenvalue weighted by atomic mass is 32.2. The zero-order valence-electron chi connectivity index (χ0n) is 11.9. The molecule has 0 aromatic carbocycles. The number of carboxylic acids is 1. The fraction of sp³-hybridized carbons (Fsp3) is 0.583. The van der Waals surface area contributed by atoms with Crippen molar-refractivity contribution in [3.63, 3.8) is 0 Å². The molecule has 0 saturated carbocycles. The van der Waals surface area contributed by atoms with Crippen molar-refractivity contribution in [3.05, 3.63) is 18.2 Å². The summed E-state index contributed by atoms with van der Waals surface area (Å²) in [5, 5.41) is 11.6. The van der Waals surface area contributed by atoms with Crippen LogP contribution in [0.25, 0.3) is 0 Å². The average Bonchev–Trinajstić information content (AvgIpc) is 2.79. The zero-order chi connectivity index (χ0) is 15.1. The van der Waals surface area contributed by atoms with Crippen LogP contribution in [0.15, 0.2) is 12.4 Å². The number of aliphatic carboxylic acids is 1. The lowest BCUT2D eigenvalue weighted by Gasteiger charge is -2.21. The van der Waals surface area contributed by atoms with Gasteiger partial charge in [0.05, 0.1) is 6.54 Å². The SMILES string of the molecule is CSCCC(NC(=O)N(C)Cc1nccn1C)C(=O)O. The van der Waals surface area contributed by atoms with E-state index >= 15 is 0 Å². The van der Waals surface area contributed by atoms with Gasteiger partial charge in [0.1, 0.15) is 11.9 Å². The number of nitrogens with one attached hydrogen (secondary N) is 1. The number of thioether (sulfide) groups is 1. The van der Waals surface area contributed by atoms with Crippen LogP contribution in [-0.2, 0) is 18.4 Å². The van der Waals surface area contributed by atoms with Gasteiger partial charge in [0, 0.05) is 26.5 Å². The lowest BCUT2D eigenvalue weighted by atomic mass is 10.2. The molecule has 1 rings (SSSR count). The van der Waals surface area contributed by atoms with Crippen molar-refractivity contribution in [1.29, 1.82) is 0 Å². The molecule has 1 aromatic rings. The molecule has 1 aromatic heterocycles. The lowest BCUT2D eigenvalue weighted by Crippen LogP contribution is -2.46. The Morgan fingerprint density at radius 3 is 2.80 bits per heavy atom. The second-order valence-corrected chi connectivity index (χ2v) is 5.42. The summed E-state index contributed by atoms with van der Waals surface area (Å²) < 4.78 is 1.81. The first-order valence-corrected chi connectivity index (χ1v) is 7.54. The van der Waals surface area contributed by atoms with Gasteiger partial charge in [-0.05, 0) is 18.4 Å². The van der Waals surface area contributed by atoms with Gasteiger partial charge in [-0.1, -0.05) is 0 Å². The fourth-order valence-corrected chi connectivity index (χ4v) is 2.06. The second kappa shape index (κ2) is 7.78. The third kappa shape index (κ3) is 4.76. The summed E-state index contributed by atoms with van der Waals surface area (Å²) in [6.07, 6.45) is 5.74. The summed E-state index contributed by atoms with van der Waals surface area (Å²) in [5.41, 5.74) is 0. The highest BCUT2D eigenvalue weighted by Gasteiger charge is 2.21. The minimum Gasteiger partial charge on any atom is -0.480 e. The van der Waals surface area contributed by atoms with Crippen LogP contribution in [0.3, 0.4) is 0 Å². The maximum absolute atomic E-state index is 12.0. The summed E-state index contributed by atoms with van der Waals surface area (Å²) >= 11 is 1.55. The van der Waals surface area contributed by atoms with Crippen molar-refractivity contribution in [2.75, 3.05) is 19.1 Å². The Bertz CT molecular complexity index is 463. The Labute approximate surface area is 122 Å². The van der Waals surface area contributed by atoms with Crippen LogP contribution in [0, 0.1) is 0 Å². The molecule has 2 N–H and O–H groups in total. The van der Waals surface area contributed by atoms with E-state index in [0.29, 0.717) is 18.7 Å². The highest BCUT2D eigenvalue weighted by Crippen LogP contribution is 2.04.